The summed E-state index contributed by atoms with van der Waals surface area (Å²) in [4.78, 5) is 53.0. The van der Waals surface area contributed by atoms with E-state index in [1.165, 1.54) is 20.4 Å². The lowest BCUT2D eigenvalue weighted by atomic mass is 10.1. The molecule has 0 saturated heterocycles. The van der Waals surface area contributed by atoms with Gasteiger partial charge in [-0.15, -0.1) is 0 Å². The average Bonchev–Trinajstić information content (AvgIpc) is 3.02. The van der Waals surface area contributed by atoms with Crippen molar-refractivity contribution < 1.29 is 38.5 Å². The molecule has 3 aromatic rings. The minimum Gasteiger partial charge on any atom is -0.495 e. The third-order valence-corrected chi connectivity index (χ3v) is 6.56. The summed E-state index contributed by atoms with van der Waals surface area (Å²) in [6, 6.07) is 14.8. The highest BCUT2D eigenvalue weighted by molar-refractivity contribution is 6.01. The molecule has 13 nitrogen and oxygen atoms in total. The molecule has 1 heterocycles. The average molecular weight is 622 g/mol. The van der Waals surface area contributed by atoms with Crippen LogP contribution in [0.15, 0.2) is 60.8 Å². The Morgan fingerprint density at radius 2 is 1.69 bits per heavy atom. The summed E-state index contributed by atoms with van der Waals surface area (Å²) in [6.45, 7) is 2.38. The standard InChI is InChI=1S/C32H39N5O8/c1-21-6-4-5-7-26(21)36-32(42)37-28-10-8-22(15-30(28)44-3)14-24(38)18-33-23-9-11-27(34-17-23)29(16-31(40)41)35-19-25(39)20-45-13-12-43-2/h4-11,15,17,29,33,35H,12-14,16,18-20H2,1-3H3,(H,40,41)(H2,36,37,42). The van der Waals surface area contributed by atoms with Gasteiger partial charge in [-0.2, -0.15) is 0 Å². The molecule has 0 aliphatic carbocycles. The highest BCUT2D eigenvalue weighted by atomic mass is 16.5. The number of carboxylic acids is 1. The third-order valence-electron chi connectivity index (χ3n) is 6.56. The first-order valence-corrected chi connectivity index (χ1v) is 14.2. The van der Waals surface area contributed by atoms with Crippen LogP contribution in [0.5, 0.6) is 5.75 Å². The first-order chi connectivity index (χ1) is 21.7. The van der Waals surface area contributed by atoms with E-state index in [-0.39, 0.29) is 50.7 Å². The summed E-state index contributed by atoms with van der Waals surface area (Å²) in [7, 11) is 3.01. The maximum Gasteiger partial charge on any atom is 0.323 e. The summed E-state index contributed by atoms with van der Waals surface area (Å²) < 4.78 is 15.5. The predicted octanol–water partition coefficient (Wildman–Crippen LogP) is 3.60. The van der Waals surface area contributed by atoms with Crippen molar-refractivity contribution in [2.45, 2.75) is 25.8 Å². The fourth-order valence-electron chi connectivity index (χ4n) is 4.22. The zero-order valence-electron chi connectivity index (χ0n) is 25.6. The van der Waals surface area contributed by atoms with Gasteiger partial charge in [0.2, 0.25) is 0 Å². The molecule has 240 valence electrons. The second-order valence-electron chi connectivity index (χ2n) is 10.1. The van der Waals surface area contributed by atoms with E-state index in [2.05, 4.69) is 26.3 Å². The Labute approximate surface area is 261 Å². The molecule has 1 aromatic heterocycles. The number of urea groups is 1. The largest absolute Gasteiger partial charge is 0.495 e. The van der Waals surface area contributed by atoms with Gasteiger partial charge in [0.15, 0.2) is 11.6 Å². The lowest BCUT2D eigenvalue weighted by Crippen LogP contribution is -2.31. The number of ether oxygens (including phenoxy) is 3. The lowest BCUT2D eigenvalue weighted by molar-refractivity contribution is -0.138. The molecule has 2 aromatic carbocycles. The quantitative estimate of drug-likeness (QED) is 0.124. The first-order valence-electron chi connectivity index (χ1n) is 14.2. The van der Waals surface area contributed by atoms with Gasteiger partial charge in [-0.05, 0) is 48.4 Å². The van der Waals surface area contributed by atoms with Gasteiger partial charge in [0, 0.05) is 19.2 Å². The molecule has 0 spiro atoms. The summed E-state index contributed by atoms with van der Waals surface area (Å²) in [5.74, 6) is -0.962. The Morgan fingerprint density at radius 3 is 2.38 bits per heavy atom. The van der Waals surface area contributed by atoms with Crippen LogP contribution in [0.4, 0.5) is 21.9 Å². The normalized spacial score (nSPS) is 11.4. The number of aliphatic carboxylic acids is 1. The topological polar surface area (TPSA) is 177 Å². The van der Waals surface area contributed by atoms with E-state index in [1.54, 1.807) is 36.4 Å². The van der Waals surface area contributed by atoms with Crippen molar-refractivity contribution >= 4 is 40.6 Å². The van der Waals surface area contributed by atoms with Crippen LogP contribution in [0.1, 0.15) is 29.3 Å². The molecule has 0 bridgehead atoms. The highest BCUT2D eigenvalue weighted by Crippen LogP contribution is 2.26. The molecule has 0 aliphatic rings. The van der Waals surface area contributed by atoms with E-state index in [0.717, 1.165) is 5.56 Å². The Morgan fingerprint density at radius 1 is 0.911 bits per heavy atom. The van der Waals surface area contributed by atoms with Crippen LogP contribution in [0.3, 0.4) is 0 Å². The third kappa shape index (κ3) is 12.0. The number of anilines is 3. The van der Waals surface area contributed by atoms with Crippen LogP contribution in [0.25, 0.3) is 0 Å². The summed E-state index contributed by atoms with van der Waals surface area (Å²) in [5.41, 5.74) is 3.80. The van der Waals surface area contributed by atoms with Gasteiger partial charge in [-0.3, -0.25) is 19.4 Å². The van der Waals surface area contributed by atoms with E-state index >= 15 is 0 Å². The van der Waals surface area contributed by atoms with Gasteiger partial charge in [0.1, 0.15) is 12.4 Å². The Kier molecular flexibility index (Phi) is 13.9. The number of amides is 2. The second-order valence-corrected chi connectivity index (χ2v) is 10.1. The molecule has 45 heavy (non-hydrogen) atoms. The van der Waals surface area contributed by atoms with Crippen LogP contribution in [0, 0.1) is 6.92 Å². The molecule has 0 aliphatic heterocycles. The van der Waals surface area contributed by atoms with Crippen LogP contribution in [-0.2, 0) is 30.3 Å². The van der Waals surface area contributed by atoms with Crippen molar-refractivity contribution in [1.29, 1.82) is 0 Å². The number of methoxy groups -OCH3 is 2. The summed E-state index contributed by atoms with van der Waals surface area (Å²) >= 11 is 0. The molecule has 3 rings (SSSR count). The molecule has 2 amide bonds. The number of nitrogens with one attached hydrogen (secondary N) is 4. The van der Waals surface area contributed by atoms with E-state index in [9.17, 15) is 24.3 Å². The minimum absolute atomic E-state index is 0.0244. The van der Waals surface area contributed by atoms with Crippen molar-refractivity contribution in [3.8, 4) is 5.75 Å². The van der Waals surface area contributed by atoms with Crippen molar-refractivity contribution in [3.05, 3.63) is 77.6 Å². The highest BCUT2D eigenvalue weighted by Gasteiger charge is 2.18. The summed E-state index contributed by atoms with van der Waals surface area (Å²) in [6.07, 6.45) is 1.35. The van der Waals surface area contributed by atoms with Crippen LogP contribution >= 0.6 is 0 Å². The van der Waals surface area contributed by atoms with Crippen molar-refractivity contribution in [2.24, 2.45) is 0 Å². The molecular formula is C32H39N5O8. The van der Waals surface area contributed by atoms with Gasteiger partial charge in [-0.1, -0.05) is 24.3 Å². The number of hydrogen-bond acceptors (Lipinski definition) is 10. The molecule has 5 N–H and O–H groups in total. The van der Waals surface area contributed by atoms with Gasteiger partial charge in [0.05, 0.1) is 69.1 Å². The van der Waals surface area contributed by atoms with Crippen LogP contribution < -0.4 is 26.0 Å². The number of benzene rings is 2. The summed E-state index contributed by atoms with van der Waals surface area (Å²) in [5, 5.41) is 20.8. The minimum atomic E-state index is -1.04. The van der Waals surface area contributed by atoms with E-state index < -0.39 is 18.0 Å². The van der Waals surface area contributed by atoms with Crippen molar-refractivity contribution in [1.82, 2.24) is 10.3 Å². The van der Waals surface area contributed by atoms with Gasteiger partial charge in [-0.25, -0.2) is 4.79 Å². The number of ketones is 2. The molecule has 13 heteroatoms. The molecule has 0 radical (unpaired) electrons. The number of carboxylic acid groups (broad SMARTS) is 1. The van der Waals surface area contributed by atoms with Gasteiger partial charge < -0.3 is 40.6 Å². The number of hydrogen-bond donors (Lipinski definition) is 5. The molecular weight excluding hydrogens is 582 g/mol. The van der Waals surface area contributed by atoms with Crippen molar-refractivity contribution in [3.63, 3.8) is 0 Å². The maximum absolute atomic E-state index is 12.7. The van der Waals surface area contributed by atoms with Crippen LogP contribution in [-0.4, -0.2) is 80.8 Å². The zero-order chi connectivity index (χ0) is 32.6. The van der Waals surface area contributed by atoms with Gasteiger partial charge >= 0.3 is 12.0 Å². The number of aromatic nitrogens is 1. The number of nitrogens with zero attached hydrogens (tertiary/aromatic N) is 1. The number of aryl methyl sites for hydroxylation is 1. The first kappa shape index (κ1) is 34.6. The number of para-hydroxylation sites is 1. The Bertz CT molecular complexity index is 1450. The molecule has 1 unspecified atom stereocenters. The van der Waals surface area contributed by atoms with Crippen molar-refractivity contribution in [2.75, 3.05) is 63.1 Å². The maximum atomic E-state index is 12.7. The second kappa shape index (κ2) is 18.1. The molecule has 0 fully saturated rings. The zero-order valence-corrected chi connectivity index (χ0v) is 25.6. The number of Topliss-reactive ketones (excluding diaryl/α,β-unsaturated/α-hetero) is 2. The Balaban J connectivity index is 1.51. The fraction of sp³-hybridized carbons (Fsp3) is 0.344. The monoisotopic (exact) mass is 621 g/mol. The number of carbonyl (C=O) groups is 4. The van der Waals surface area contributed by atoms with Crippen LogP contribution in [0.2, 0.25) is 0 Å². The SMILES string of the molecule is COCCOCC(=O)CNC(CC(=O)O)c1ccc(NCC(=O)Cc2ccc(NC(=O)Nc3ccccc3C)c(OC)c2)cn1. The lowest BCUT2D eigenvalue weighted by Gasteiger charge is -2.17. The van der Waals surface area contributed by atoms with E-state index in [4.69, 9.17) is 14.2 Å². The number of rotatable bonds is 19. The smallest absolute Gasteiger partial charge is 0.323 e. The van der Waals surface area contributed by atoms with E-state index in [1.807, 2.05) is 25.1 Å². The number of pyridine rings is 1. The molecule has 1 atom stereocenters. The molecule has 0 saturated carbocycles. The predicted molar refractivity (Wildman–Crippen MR) is 169 cm³/mol. The Hall–Kier alpha value is -4.85. The van der Waals surface area contributed by atoms with E-state index in [0.29, 0.717) is 40.7 Å². The fourth-order valence-corrected chi connectivity index (χ4v) is 4.22. The number of carbonyl (C=O) groups excluding carboxylic acids is 3. The van der Waals surface area contributed by atoms with Gasteiger partial charge in [0.25, 0.3) is 0 Å².